The van der Waals surface area contributed by atoms with Crippen LogP contribution in [0.5, 0.6) is 0 Å². The normalized spacial score (nSPS) is 11.8. The highest BCUT2D eigenvalue weighted by Gasteiger charge is 2.25. The Morgan fingerprint density at radius 3 is 2.57 bits per heavy atom. The van der Waals surface area contributed by atoms with Crippen molar-refractivity contribution in [3.05, 3.63) is 59.1 Å². The molecule has 2 rings (SSSR count). The molecule has 1 heterocycles. The average Bonchev–Trinajstić information content (AvgIpc) is 2.54. The molecule has 0 aliphatic carbocycles. The molecular formula is C15H16ClFN2O3S. The van der Waals surface area contributed by atoms with Crippen LogP contribution in [0.2, 0.25) is 5.02 Å². The Labute approximate surface area is 139 Å². The van der Waals surface area contributed by atoms with Gasteiger partial charge in [-0.2, -0.15) is 4.31 Å². The molecule has 2 aromatic rings. The summed E-state index contributed by atoms with van der Waals surface area (Å²) in [6.07, 6.45) is 3.18. The molecule has 0 radical (unpaired) electrons. The molecule has 124 valence electrons. The Bertz CT molecular complexity index is 757. The maximum atomic E-state index is 13.3. The standard InChI is InChI=1S/C15H16ClFN2O3S/c1-22-9-8-19(11-12-4-6-18-7-5-12)23(20,21)13-2-3-15(17)14(16)10-13/h2-7,10H,8-9,11H2,1H3. The quantitative estimate of drug-likeness (QED) is 0.763. The Morgan fingerprint density at radius 2 is 1.96 bits per heavy atom. The number of ether oxygens (including phenoxy) is 1. The van der Waals surface area contributed by atoms with Crippen LogP contribution in [0.1, 0.15) is 5.56 Å². The highest BCUT2D eigenvalue weighted by molar-refractivity contribution is 7.89. The van der Waals surface area contributed by atoms with E-state index >= 15 is 0 Å². The number of hydrogen-bond donors (Lipinski definition) is 0. The molecular weight excluding hydrogens is 343 g/mol. The molecule has 1 aromatic carbocycles. The second-order valence-electron chi connectivity index (χ2n) is 4.76. The van der Waals surface area contributed by atoms with Gasteiger partial charge >= 0.3 is 0 Å². The summed E-state index contributed by atoms with van der Waals surface area (Å²) in [6.45, 7) is 0.554. The summed E-state index contributed by atoms with van der Waals surface area (Å²) in [5.41, 5.74) is 0.785. The monoisotopic (exact) mass is 358 g/mol. The number of rotatable bonds is 7. The van der Waals surface area contributed by atoms with Crippen LogP contribution < -0.4 is 0 Å². The van der Waals surface area contributed by atoms with Gasteiger partial charge in [-0.25, -0.2) is 12.8 Å². The number of hydrogen-bond acceptors (Lipinski definition) is 4. The Hall–Kier alpha value is -1.54. The van der Waals surface area contributed by atoms with Crippen LogP contribution in [0.3, 0.4) is 0 Å². The molecule has 0 bridgehead atoms. The number of nitrogens with zero attached hydrogens (tertiary/aromatic N) is 2. The van der Waals surface area contributed by atoms with Gasteiger partial charge in [0.25, 0.3) is 0 Å². The molecule has 0 aliphatic heterocycles. The van der Waals surface area contributed by atoms with Gasteiger partial charge in [-0.15, -0.1) is 0 Å². The SMILES string of the molecule is COCCN(Cc1ccncc1)S(=O)(=O)c1ccc(F)c(Cl)c1. The van der Waals surface area contributed by atoms with E-state index in [-0.39, 0.29) is 29.6 Å². The first-order chi connectivity index (χ1) is 10.9. The van der Waals surface area contributed by atoms with Crippen molar-refractivity contribution >= 4 is 21.6 Å². The van der Waals surface area contributed by atoms with E-state index in [0.717, 1.165) is 17.7 Å². The molecule has 23 heavy (non-hydrogen) atoms. The van der Waals surface area contributed by atoms with E-state index in [4.69, 9.17) is 16.3 Å². The van der Waals surface area contributed by atoms with Crippen molar-refractivity contribution in [1.29, 1.82) is 0 Å². The topological polar surface area (TPSA) is 59.5 Å². The van der Waals surface area contributed by atoms with Crippen molar-refractivity contribution in [3.8, 4) is 0 Å². The fourth-order valence-corrected chi connectivity index (χ4v) is 3.64. The minimum absolute atomic E-state index is 0.0611. The molecule has 0 spiro atoms. The maximum Gasteiger partial charge on any atom is 0.243 e. The maximum absolute atomic E-state index is 13.3. The average molecular weight is 359 g/mol. The summed E-state index contributed by atoms with van der Waals surface area (Å²) in [6, 6.07) is 6.80. The first kappa shape index (κ1) is 17.8. The summed E-state index contributed by atoms with van der Waals surface area (Å²) in [7, 11) is -2.34. The van der Waals surface area contributed by atoms with Crippen LogP contribution in [0.15, 0.2) is 47.6 Å². The van der Waals surface area contributed by atoms with Gasteiger partial charge in [0.1, 0.15) is 5.82 Å². The predicted octanol–water partition coefficient (Wildman–Crippen LogP) is 2.71. The molecule has 0 fully saturated rings. The highest BCUT2D eigenvalue weighted by Crippen LogP contribution is 2.23. The molecule has 5 nitrogen and oxygen atoms in total. The molecule has 0 N–H and O–H groups in total. The summed E-state index contributed by atoms with van der Waals surface area (Å²) >= 11 is 5.70. The fourth-order valence-electron chi connectivity index (χ4n) is 1.96. The first-order valence-corrected chi connectivity index (χ1v) is 8.60. The van der Waals surface area contributed by atoms with Crippen molar-refractivity contribution in [3.63, 3.8) is 0 Å². The van der Waals surface area contributed by atoms with Crippen molar-refractivity contribution in [2.45, 2.75) is 11.4 Å². The van der Waals surface area contributed by atoms with Crippen LogP contribution in [0, 0.1) is 5.82 Å². The van der Waals surface area contributed by atoms with Gasteiger partial charge in [0.15, 0.2) is 0 Å². The lowest BCUT2D eigenvalue weighted by atomic mass is 10.3. The highest BCUT2D eigenvalue weighted by atomic mass is 35.5. The number of pyridine rings is 1. The molecule has 0 saturated carbocycles. The lowest BCUT2D eigenvalue weighted by Gasteiger charge is -2.22. The van der Waals surface area contributed by atoms with Gasteiger partial charge in [0, 0.05) is 32.6 Å². The van der Waals surface area contributed by atoms with E-state index in [0.29, 0.717) is 0 Å². The number of halogens is 2. The van der Waals surface area contributed by atoms with Crippen LogP contribution in [-0.4, -0.2) is 38.0 Å². The smallest absolute Gasteiger partial charge is 0.243 e. The van der Waals surface area contributed by atoms with Gasteiger partial charge in [-0.3, -0.25) is 4.98 Å². The molecule has 1 aromatic heterocycles. The first-order valence-electron chi connectivity index (χ1n) is 6.78. The van der Waals surface area contributed by atoms with Crippen LogP contribution in [0.25, 0.3) is 0 Å². The zero-order valence-corrected chi connectivity index (χ0v) is 14.0. The van der Waals surface area contributed by atoms with Crippen LogP contribution in [0.4, 0.5) is 4.39 Å². The molecule has 0 unspecified atom stereocenters. The van der Waals surface area contributed by atoms with Gasteiger partial charge in [0.05, 0.1) is 16.5 Å². The van der Waals surface area contributed by atoms with E-state index in [1.807, 2.05) is 0 Å². The largest absolute Gasteiger partial charge is 0.383 e. The third-order valence-electron chi connectivity index (χ3n) is 3.18. The van der Waals surface area contributed by atoms with E-state index in [9.17, 15) is 12.8 Å². The number of methoxy groups -OCH3 is 1. The number of benzene rings is 1. The fraction of sp³-hybridized carbons (Fsp3) is 0.267. The van der Waals surface area contributed by atoms with E-state index in [1.54, 1.807) is 24.5 Å². The van der Waals surface area contributed by atoms with Crippen LogP contribution >= 0.6 is 11.6 Å². The lowest BCUT2D eigenvalue weighted by Crippen LogP contribution is -2.33. The predicted molar refractivity (Wildman–Crippen MR) is 85.1 cm³/mol. The van der Waals surface area contributed by atoms with Gasteiger partial charge in [0.2, 0.25) is 10.0 Å². The second kappa shape index (κ2) is 7.83. The van der Waals surface area contributed by atoms with Gasteiger partial charge < -0.3 is 4.74 Å². The Kier molecular flexibility index (Phi) is 6.06. The lowest BCUT2D eigenvalue weighted by molar-refractivity contribution is 0.177. The zero-order chi connectivity index (χ0) is 16.9. The molecule has 0 saturated heterocycles. The summed E-state index contributed by atoms with van der Waals surface area (Å²) in [5.74, 6) is -0.664. The minimum atomic E-state index is -3.83. The van der Waals surface area contributed by atoms with Crippen LogP contribution in [-0.2, 0) is 21.3 Å². The second-order valence-corrected chi connectivity index (χ2v) is 7.11. The molecule has 0 atom stereocenters. The molecule has 0 amide bonds. The summed E-state index contributed by atoms with van der Waals surface area (Å²) in [5, 5.41) is -0.235. The van der Waals surface area contributed by atoms with E-state index in [2.05, 4.69) is 4.98 Å². The Morgan fingerprint density at radius 1 is 1.26 bits per heavy atom. The number of aromatic nitrogens is 1. The van der Waals surface area contributed by atoms with E-state index < -0.39 is 15.8 Å². The molecule has 8 heteroatoms. The van der Waals surface area contributed by atoms with Crippen molar-refractivity contribution < 1.29 is 17.5 Å². The van der Waals surface area contributed by atoms with Gasteiger partial charge in [-0.05, 0) is 35.9 Å². The zero-order valence-electron chi connectivity index (χ0n) is 12.4. The minimum Gasteiger partial charge on any atom is -0.383 e. The third-order valence-corrected chi connectivity index (χ3v) is 5.31. The third kappa shape index (κ3) is 4.48. The summed E-state index contributed by atoms with van der Waals surface area (Å²) < 4.78 is 45.1. The Balaban J connectivity index is 2.34. The number of sulfonamides is 1. The van der Waals surface area contributed by atoms with Crippen molar-refractivity contribution in [2.75, 3.05) is 20.3 Å². The van der Waals surface area contributed by atoms with Crippen molar-refractivity contribution in [1.82, 2.24) is 9.29 Å². The summed E-state index contributed by atoms with van der Waals surface area (Å²) in [4.78, 5) is 3.84. The molecule has 0 aliphatic rings. The van der Waals surface area contributed by atoms with Crippen molar-refractivity contribution in [2.24, 2.45) is 0 Å². The van der Waals surface area contributed by atoms with E-state index in [1.165, 1.54) is 17.5 Å². The van der Waals surface area contributed by atoms with Gasteiger partial charge in [-0.1, -0.05) is 11.6 Å².